The van der Waals surface area contributed by atoms with E-state index in [-0.39, 0.29) is 35.0 Å². The van der Waals surface area contributed by atoms with Crippen molar-refractivity contribution >= 4 is 28.4 Å². The summed E-state index contributed by atoms with van der Waals surface area (Å²) >= 11 is 5.83. The minimum Gasteiger partial charge on any atom is -0.348 e. The SMILES string of the molecule is CNN1C=CC(CNC(=O)c2ccc3c(c2)c(=O)n(Cc2ccc(F)c(Cl)c2)c(=O)n3C)=CN1. The predicted molar refractivity (Wildman–Crippen MR) is 128 cm³/mol. The lowest BCUT2D eigenvalue weighted by Gasteiger charge is -2.22. The van der Waals surface area contributed by atoms with Crippen molar-refractivity contribution in [3.8, 4) is 0 Å². The number of halogens is 2. The van der Waals surface area contributed by atoms with Gasteiger partial charge in [0, 0.05) is 38.6 Å². The highest BCUT2D eigenvalue weighted by Gasteiger charge is 2.15. The van der Waals surface area contributed by atoms with Crippen LogP contribution in [0.25, 0.3) is 10.9 Å². The Morgan fingerprint density at radius 2 is 1.97 bits per heavy atom. The molecule has 0 saturated carbocycles. The molecule has 1 aliphatic rings. The molecule has 3 aromatic rings. The number of fused-ring (bicyclic) bond motifs is 1. The number of carbonyl (C=O) groups excluding carboxylic acids is 1. The topological polar surface area (TPSA) is 100 Å². The maximum atomic E-state index is 13.5. The summed E-state index contributed by atoms with van der Waals surface area (Å²) in [6.07, 6.45) is 5.35. The third-order valence-electron chi connectivity index (χ3n) is 5.46. The summed E-state index contributed by atoms with van der Waals surface area (Å²) in [6, 6.07) is 8.60. The van der Waals surface area contributed by atoms with Crippen molar-refractivity contribution in [2.45, 2.75) is 6.54 Å². The Labute approximate surface area is 198 Å². The van der Waals surface area contributed by atoms with Gasteiger partial charge in [0.2, 0.25) is 0 Å². The number of aromatic nitrogens is 2. The number of hydrogen-bond donors (Lipinski definition) is 3. The second kappa shape index (κ2) is 9.54. The minimum atomic E-state index is -0.588. The highest BCUT2D eigenvalue weighted by Crippen LogP contribution is 2.17. The van der Waals surface area contributed by atoms with E-state index in [1.807, 2.05) is 6.08 Å². The fourth-order valence-electron chi connectivity index (χ4n) is 3.56. The number of hydrazine groups is 2. The lowest BCUT2D eigenvalue weighted by atomic mass is 10.1. The monoisotopic (exact) mass is 484 g/mol. The zero-order valence-electron chi connectivity index (χ0n) is 18.4. The van der Waals surface area contributed by atoms with E-state index >= 15 is 0 Å². The van der Waals surface area contributed by atoms with Crippen molar-refractivity contribution in [1.29, 1.82) is 0 Å². The summed E-state index contributed by atoms with van der Waals surface area (Å²) < 4.78 is 15.8. The molecule has 0 saturated heterocycles. The van der Waals surface area contributed by atoms with Crippen LogP contribution >= 0.6 is 11.6 Å². The Kier molecular flexibility index (Phi) is 6.53. The average Bonchev–Trinajstić information content (AvgIpc) is 2.85. The van der Waals surface area contributed by atoms with Crippen molar-refractivity contribution in [3.05, 3.63) is 103 Å². The van der Waals surface area contributed by atoms with Crippen LogP contribution in [0.5, 0.6) is 0 Å². The molecule has 0 spiro atoms. The van der Waals surface area contributed by atoms with E-state index in [1.165, 1.54) is 28.8 Å². The largest absolute Gasteiger partial charge is 0.348 e. The Balaban J connectivity index is 1.62. The van der Waals surface area contributed by atoms with Gasteiger partial charge in [-0.25, -0.2) is 19.7 Å². The first kappa shape index (κ1) is 23.3. The number of rotatable bonds is 6. The van der Waals surface area contributed by atoms with Gasteiger partial charge in [0.1, 0.15) is 5.82 Å². The molecule has 2 aromatic carbocycles. The third kappa shape index (κ3) is 4.59. The van der Waals surface area contributed by atoms with Gasteiger partial charge in [0.15, 0.2) is 0 Å². The van der Waals surface area contributed by atoms with Crippen molar-refractivity contribution in [2.24, 2.45) is 7.05 Å². The molecule has 9 nitrogen and oxygen atoms in total. The van der Waals surface area contributed by atoms with Gasteiger partial charge in [-0.15, -0.1) is 0 Å². The van der Waals surface area contributed by atoms with Crippen LogP contribution in [-0.4, -0.2) is 33.8 Å². The number of nitrogens with one attached hydrogen (secondary N) is 3. The van der Waals surface area contributed by atoms with Crippen LogP contribution in [0.4, 0.5) is 4.39 Å². The van der Waals surface area contributed by atoms with Gasteiger partial charge in [0.25, 0.3) is 11.5 Å². The third-order valence-corrected chi connectivity index (χ3v) is 5.75. The molecule has 1 aliphatic heterocycles. The van der Waals surface area contributed by atoms with Gasteiger partial charge in [-0.2, -0.15) is 0 Å². The molecular weight excluding hydrogens is 463 g/mol. The number of amides is 1. The van der Waals surface area contributed by atoms with E-state index in [4.69, 9.17) is 11.6 Å². The predicted octanol–water partition coefficient (Wildman–Crippen LogP) is 1.62. The van der Waals surface area contributed by atoms with Crippen LogP contribution in [0.3, 0.4) is 0 Å². The lowest BCUT2D eigenvalue weighted by Crippen LogP contribution is -2.41. The van der Waals surface area contributed by atoms with Crippen molar-refractivity contribution < 1.29 is 9.18 Å². The van der Waals surface area contributed by atoms with E-state index in [0.29, 0.717) is 11.1 Å². The van der Waals surface area contributed by atoms with E-state index in [0.717, 1.165) is 10.1 Å². The fraction of sp³-hybridized carbons (Fsp3) is 0.174. The molecule has 0 atom stereocenters. The van der Waals surface area contributed by atoms with E-state index < -0.39 is 17.1 Å². The summed E-state index contributed by atoms with van der Waals surface area (Å²) in [5.74, 6) is -0.952. The maximum absolute atomic E-state index is 13.5. The molecule has 1 aromatic heterocycles. The first-order chi connectivity index (χ1) is 16.3. The number of aryl methyl sites for hydroxylation is 1. The Hall–Kier alpha value is -3.89. The minimum absolute atomic E-state index is 0.0883. The normalized spacial score (nSPS) is 13.1. The summed E-state index contributed by atoms with van der Waals surface area (Å²) in [7, 11) is 3.30. The van der Waals surface area contributed by atoms with Crippen LogP contribution in [0, 0.1) is 5.82 Å². The second-order valence-electron chi connectivity index (χ2n) is 7.65. The van der Waals surface area contributed by atoms with Crippen LogP contribution in [-0.2, 0) is 13.6 Å². The van der Waals surface area contributed by atoms with Crippen molar-refractivity contribution in [1.82, 2.24) is 30.4 Å². The maximum Gasteiger partial charge on any atom is 0.331 e. The first-order valence-corrected chi connectivity index (χ1v) is 10.7. The molecule has 176 valence electrons. The zero-order chi connectivity index (χ0) is 24.4. The molecule has 4 rings (SSSR count). The van der Waals surface area contributed by atoms with Crippen LogP contribution < -0.4 is 27.4 Å². The molecular formula is C23H22ClFN6O3. The summed E-state index contributed by atoms with van der Waals surface area (Å²) in [5.41, 5.74) is 6.81. The van der Waals surface area contributed by atoms with Crippen LogP contribution in [0.2, 0.25) is 5.02 Å². The van der Waals surface area contributed by atoms with Crippen molar-refractivity contribution in [2.75, 3.05) is 13.6 Å². The number of carbonyl (C=O) groups is 1. The van der Waals surface area contributed by atoms with Gasteiger partial charge in [0.05, 0.1) is 22.5 Å². The lowest BCUT2D eigenvalue weighted by molar-refractivity contribution is 0.0957. The highest BCUT2D eigenvalue weighted by molar-refractivity contribution is 6.30. The Morgan fingerprint density at radius 3 is 2.65 bits per heavy atom. The first-order valence-electron chi connectivity index (χ1n) is 10.3. The molecule has 0 unspecified atom stereocenters. The van der Waals surface area contributed by atoms with Gasteiger partial charge in [-0.3, -0.25) is 24.1 Å². The number of nitrogens with zero attached hydrogens (tertiary/aromatic N) is 3. The molecule has 34 heavy (non-hydrogen) atoms. The van der Waals surface area contributed by atoms with Crippen molar-refractivity contribution in [3.63, 3.8) is 0 Å². The molecule has 0 bridgehead atoms. The zero-order valence-corrected chi connectivity index (χ0v) is 19.2. The fourth-order valence-corrected chi connectivity index (χ4v) is 3.77. The summed E-state index contributed by atoms with van der Waals surface area (Å²) in [5, 5.41) is 4.57. The van der Waals surface area contributed by atoms with Crippen LogP contribution in [0.15, 0.2) is 70.0 Å². The average molecular weight is 485 g/mol. The Morgan fingerprint density at radius 1 is 1.18 bits per heavy atom. The second-order valence-corrected chi connectivity index (χ2v) is 8.06. The quantitative estimate of drug-likeness (QED) is 0.491. The number of hydrogen-bond acceptors (Lipinski definition) is 6. The number of benzene rings is 2. The highest BCUT2D eigenvalue weighted by atomic mass is 35.5. The van der Waals surface area contributed by atoms with E-state index in [2.05, 4.69) is 16.2 Å². The summed E-state index contributed by atoms with van der Waals surface area (Å²) in [6.45, 7) is 0.190. The van der Waals surface area contributed by atoms with Gasteiger partial charge < -0.3 is 5.32 Å². The van der Waals surface area contributed by atoms with Gasteiger partial charge in [-0.05, 0) is 47.5 Å². The molecule has 3 N–H and O–H groups in total. The van der Waals surface area contributed by atoms with E-state index in [1.54, 1.807) is 43.7 Å². The molecule has 11 heteroatoms. The molecule has 0 radical (unpaired) electrons. The standard InChI is InChI=1S/C23H22ClFN6O3/c1-26-31-8-7-15(12-28-31)11-27-21(32)16-4-6-20-17(10-16)22(33)30(23(34)29(20)2)13-14-3-5-19(25)18(24)9-14/h3-10,12,26,28H,11,13H2,1-2H3,(H,27,32). The smallest absolute Gasteiger partial charge is 0.331 e. The van der Waals surface area contributed by atoms with E-state index in [9.17, 15) is 18.8 Å². The van der Waals surface area contributed by atoms with Gasteiger partial charge >= 0.3 is 5.69 Å². The summed E-state index contributed by atoms with van der Waals surface area (Å²) in [4.78, 5) is 38.7. The van der Waals surface area contributed by atoms with Crippen LogP contribution in [0.1, 0.15) is 15.9 Å². The molecule has 0 fully saturated rings. The molecule has 2 heterocycles. The molecule has 0 aliphatic carbocycles. The Bertz CT molecular complexity index is 1460. The molecule has 1 amide bonds. The van der Waals surface area contributed by atoms with Gasteiger partial charge in [-0.1, -0.05) is 17.7 Å².